The molecule has 1 N–H and O–H groups in total. The SMILES string of the molecule is Cc1ccc(CNc2ccc(CCl)cc2)c(Cl)c1. The second kappa shape index (κ2) is 6.12. The number of aryl methyl sites for hydroxylation is 1. The van der Waals surface area contributed by atoms with Crippen LogP contribution >= 0.6 is 23.2 Å². The van der Waals surface area contributed by atoms with E-state index in [1.807, 2.05) is 37.3 Å². The van der Waals surface area contributed by atoms with Crippen molar-refractivity contribution >= 4 is 28.9 Å². The molecule has 2 aromatic carbocycles. The summed E-state index contributed by atoms with van der Waals surface area (Å²) in [6.45, 7) is 2.76. The fourth-order valence-corrected chi connectivity index (χ4v) is 2.18. The van der Waals surface area contributed by atoms with Crippen molar-refractivity contribution in [3.63, 3.8) is 0 Å². The molecule has 0 unspecified atom stereocenters. The predicted molar refractivity (Wildman–Crippen MR) is 79.5 cm³/mol. The van der Waals surface area contributed by atoms with Crippen LogP contribution in [0.2, 0.25) is 5.02 Å². The van der Waals surface area contributed by atoms with Crippen molar-refractivity contribution < 1.29 is 0 Å². The molecule has 0 saturated heterocycles. The maximum absolute atomic E-state index is 6.19. The third kappa shape index (κ3) is 3.41. The standard InChI is InChI=1S/C15H15Cl2N/c1-11-2-5-13(15(17)8-11)10-18-14-6-3-12(9-16)4-7-14/h2-8,18H,9-10H2,1H3. The van der Waals surface area contributed by atoms with Crippen molar-refractivity contribution in [2.24, 2.45) is 0 Å². The number of hydrogen-bond acceptors (Lipinski definition) is 1. The van der Waals surface area contributed by atoms with Crippen LogP contribution in [0.3, 0.4) is 0 Å². The Morgan fingerprint density at radius 1 is 1.06 bits per heavy atom. The molecule has 0 aliphatic heterocycles. The third-order valence-corrected chi connectivity index (χ3v) is 3.46. The van der Waals surface area contributed by atoms with E-state index in [0.29, 0.717) is 5.88 Å². The molecule has 2 rings (SSSR count). The topological polar surface area (TPSA) is 12.0 Å². The molecule has 0 atom stereocenters. The quantitative estimate of drug-likeness (QED) is 0.777. The summed E-state index contributed by atoms with van der Waals surface area (Å²) in [7, 11) is 0. The molecule has 0 spiro atoms. The van der Waals surface area contributed by atoms with Gasteiger partial charge in [0.15, 0.2) is 0 Å². The van der Waals surface area contributed by atoms with Gasteiger partial charge in [-0.25, -0.2) is 0 Å². The number of anilines is 1. The summed E-state index contributed by atoms with van der Waals surface area (Å²) < 4.78 is 0. The van der Waals surface area contributed by atoms with Crippen LogP contribution in [-0.4, -0.2) is 0 Å². The second-order valence-corrected chi connectivity index (χ2v) is 4.95. The number of halogens is 2. The Labute approximate surface area is 118 Å². The fraction of sp³-hybridized carbons (Fsp3) is 0.200. The Kier molecular flexibility index (Phi) is 4.51. The summed E-state index contributed by atoms with van der Waals surface area (Å²) in [5.41, 5.74) is 4.47. The fourth-order valence-electron chi connectivity index (χ4n) is 1.70. The Hall–Kier alpha value is -1.18. The average Bonchev–Trinajstić information content (AvgIpc) is 2.38. The molecule has 0 fully saturated rings. The molecule has 0 saturated carbocycles. The lowest BCUT2D eigenvalue weighted by molar-refractivity contribution is 1.14. The van der Waals surface area contributed by atoms with Crippen LogP contribution in [0.15, 0.2) is 42.5 Å². The minimum atomic E-state index is 0.546. The summed E-state index contributed by atoms with van der Waals surface area (Å²) >= 11 is 11.9. The summed E-state index contributed by atoms with van der Waals surface area (Å²) in [6, 6.07) is 14.2. The molecule has 0 radical (unpaired) electrons. The van der Waals surface area contributed by atoms with Crippen LogP contribution in [0.1, 0.15) is 16.7 Å². The van der Waals surface area contributed by atoms with Gasteiger partial charge in [-0.15, -0.1) is 11.6 Å². The van der Waals surface area contributed by atoms with Crippen molar-refractivity contribution in [2.75, 3.05) is 5.32 Å². The second-order valence-electron chi connectivity index (χ2n) is 4.28. The van der Waals surface area contributed by atoms with Crippen LogP contribution in [0.25, 0.3) is 0 Å². The van der Waals surface area contributed by atoms with E-state index in [1.54, 1.807) is 0 Å². The lowest BCUT2D eigenvalue weighted by Crippen LogP contribution is -2.00. The lowest BCUT2D eigenvalue weighted by Gasteiger charge is -2.09. The van der Waals surface area contributed by atoms with E-state index in [0.717, 1.165) is 28.4 Å². The molecule has 0 aliphatic carbocycles. The number of benzene rings is 2. The molecule has 0 aliphatic rings. The van der Waals surface area contributed by atoms with Gasteiger partial charge in [0.25, 0.3) is 0 Å². The van der Waals surface area contributed by atoms with Crippen LogP contribution in [0.5, 0.6) is 0 Å². The molecule has 3 heteroatoms. The number of hydrogen-bond donors (Lipinski definition) is 1. The molecular weight excluding hydrogens is 265 g/mol. The van der Waals surface area contributed by atoms with Gasteiger partial charge in [-0.05, 0) is 41.8 Å². The Morgan fingerprint density at radius 3 is 2.39 bits per heavy atom. The van der Waals surface area contributed by atoms with Gasteiger partial charge in [0.2, 0.25) is 0 Å². The van der Waals surface area contributed by atoms with Crippen molar-refractivity contribution in [3.8, 4) is 0 Å². The third-order valence-electron chi connectivity index (χ3n) is 2.80. The molecule has 0 amide bonds. The highest BCUT2D eigenvalue weighted by molar-refractivity contribution is 6.31. The first kappa shape index (κ1) is 13.3. The van der Waals surface area contributed by atoms with Crippen LogP contribution < -0.4 is 5.32 Å². The lowest BCUT2D eigenvalue weighted by atomic mass is 10.1. The van der Waals surface area contributed by atoms with Crippen molar-refractivity contribution in [2.45, 2.75) is 19.3 Å². The number of rotatable bonds is 4. The van der Waals surface area contributed by atoms with Crippen molar-refractivity contribution in [3.05, 3.63) is 64.2 Å². The van der Waals surface area contributed by atoms with E-state index in [-0.39, 0.29) is 0 Å². The molecule has 1 nitrogen and oxygen atoms in total. The van der Waals surface area contributed by atoms with Gasteiger partial charge in [-0.2, -0.15) is 0 Å². The molecule has 94 valence electrons. The first-order valence-corrected chi connectivity index (χ1v) is 6.74. The first-order chi connectivity index (χ1) is 8.69. The van der Waals surface area contributed by atoms with E-state index in [2.05, 4.69) is 17.4 Å². The number of alkyl halides is 1. The molecule has 0 heterocycles. The van der Waals surface area contributed by atoms with Gasteiger partial charge in [-0.1, -0.05) is 35.9 Å². The zero-order valence-electron chi connectivity index (χ0n) is 10.2. The highest BCUT2D eigenvalue weighted by Gasteiger charge is 2.00. The maximum Gasteiger partial charge on any atom is 0.0474 e. The van der Waals surface area contributed by atoms with Gasteiger partial charge >= 0.3 is 0 Å². The molecule has 0 bridgehead atoms. The van der Waals surface area contributed by atoms with Crippen LogP contribution in [0, 0.1) is 6.92 Å². The normalized spacial score (nSPS) is 10.4. The van der Waals surface area contributed by atoms with E-state index < -0.39 is 0 Å². The van der Waals surface area contributed by atoms with Gasteiger partial charge in [-0.3, -0.25) is 0 Å². The Balaban J connectivity index is 2.02. The zero-order chi connectivity index (χ0) is 13.0. The summed E-state index contributed by atoms with van der Waals surface area (Å²) in [5, 5.41) is 4.15. The van der Waals surface area contributed by atoms with Crippen molar-refractivity contribution in [1.82, 2.24) is 0 Å². The maximum atomic E-state index is 6.19. The molecule has 0 aromatic heterocycles. The molecule has 18 heavy (non-hydrogen) atoms. The predicted octanol–water partition coefficient (Wildman–Crippen LogP) is 5.00. The monoisotopic (exact) mass is 279 g/mol. The van der Waals surface area contributed by atoms with Gasteiger partial charge in [0, 0.05) is 23.1 Å². The van der Waals surface area contributed by atoms with E-state index in [9.17, 15) is 0 Å². The largest absolute Gasteiger partial charge is 0.381 e. The van der Waals surface area contributed by atoms with Crippen LogP contribution in [0.4, 0.5) is 5.69 Å². The highest BCUT2D eigenvalue weighted by atomic mass is 35.5. The Morgan fingerprint density at radius 2 is 1.78 bits per heavy atom. The highest BCUT2D eigenvalue weighted by Crippen LogP contribution is 2.19. The van der Waals surface area contributed by atoms with Crippen LogP contribution in [-0.2, 0) is 12.4 Å². The van der Waals surface area contributed by atoms with Gasteiger partial charge in [0.1, 0.15) is 0 Å². The number of nitrogens with one attached hydrogen (secondary N) is 1. The smallest absolute Gasteiger partial charge is 0.0474 e. The summed E-state index contributed by atoms with van der Waals surface area (Å²) in [4.78, 5) is 0. The van der Waals surface area contributed by atoms with Gasteiger partial charge in [0.05, 0.1) is 0 Å². The molecule has 2 aromatic rings. The van der Waals surface area contributed by atoms with Gasteiger partial charge < -0.3 is 5.32 Å². The Bertz CT molecular complexity index is 521. The minimum Gasteiger partial charge on any atom is -0.381 e. The molecular formula is C15H15Cl2N. The van der Waals surface area contributed by atoms with E-state index in [1.165, 1.54) is 5.56 Å². The van der Waals surface area contributed by atoms with Crippen molar-refractivity contribution in [1.29, 1.82) is 0 Å². The van der Waals surface area contributed by atoms with E-state index in [4.69, 9.17) is 23.2 Å². The minimum absolute atomic E-state index is 0.546. The first-order valence-electron chi connectivity index (χ1n) is 5.83. The average molecular weight is 280 g/mol. The summed E-state index contributed by atoms with van der Waals surface area (Å²) in [6.07, 6.45) is 0. The zero-order valence-corrected chi connectivity index (χ0v) is 11.7. The summed E-state index contributed by atoms with van der Waals surface area (Å²) in [5.74, 6) is 0.546. The van der Waals surface area contributed by atoms with E-state index >= 15 is 0 Å².